The molecule has 0 aliphatic carbocycles. The van der Waals surface area contributed by atoms with Crippen molar-refractivity contribution in [1.82, 2.24) is 5.32 Å². The molecule has 1 N–H and O–H groups in total. The molecule has 1 heterocycles. The van der Waals surface area contributed by atoms with Crippen molar-refractivity contribution in [2.75, 3.05) is 6.54 Å². The van der Waals surface area contributed by atoms with Crippen molar-refractivity contribution < 1.29 is 9.13 Å². The van der Waals surface area contributed by atoms with Crippen LogP contribution >= 0.6 is 0 Å². The van der Waals surface area contributed by atoms with Gasteiger partial charge in [0.15, 0.2) is 0 Å². The van der Waals surface area contributed by atoms with Crippen molar-refractivity contribution in [3.05, 3.63) is 30.1 Å². The van der Waals surface area contributed by atoms with Gasteiger partial charge in [-0.15, -0.1) is 0 Å². The molecule has 0 spiro atoms. The maximum absolute atomic E-state index is 12.5. The Labute approximate surface area is 76.7 Å². The first-order chi connectivity index (χ1) is 6.25. The van der Waals surface area contributed by atoms with Gasteiger partial charge in [0.1, 0.15) is 17.7 Å². The summed E-state index contributed by atoms with van der Waals surface area (Å²) in [5, 5.41) is 3.19. The van der Waals surface area contributed by atoms with Crippen LogP contribution in [0.3, 0.4) is 0 Å². The van der Waals surface area contributed by atoms with Gasteiger partial charge in [-0.05, 0) is 31.2 Å². The molecular formula is C10H12FNO. The topological polar surface area (TPSA) is 21.3 Å². The number of benzene rings is 1. The summed E-state index contributed by atoms with van der Waals surface area (Å²) in [6, 6.07) is 6.52. The van der Waals surface area contributed by atoms with E-state index < -0.39 is 0 Å². The normalized spacial score (nSPS) is 26.6. The van der Waals surface area contributed by atoms with Crippen LogP contribution in [-0.2, 0) is 0 Å². The summed E-state index contributed by atoms with van der Waals surface area (Å²) >= 11 is 0. The Morgan fingerprint density at radius 1 is 1.38 bits per heavy atom. The SMILES string of the molecule is C[C@H]1NC[C@H]1Oc1ccc(F)cc1. The van der Waals surface area contributed by atoms with E-state index in [-0.39, 0.29) is 11.9 Å². The van der Waals surface area contributed by atoms with Crippen LogP contribution in [0.25, 0.3) is 0 Å². The lowest BCUT2D eigenvalue weighted by Crippen LogP contribution is -2.58. The molecule has 0 amide bonds. The second kappa shape index (κ2) is 3.34. The maximum Gasteiger partial charge on any atom is 0.126 e. The average Bonchev–Trinajstić information content (AvgIpc) is 2.15. The van der Waals surface area contributed by atoms with Gasteiger partial charge in [-0.25, -0.2) is 4.39 Å². The zero-order chi connectivity index (χ0) is 9.26. The molecule has 0 bridgehead atoms. The lowest BCUT2D eigenvalue weighted by Gasteiger charge is -2.35. The average molecular weight is 181 g/mol. The van der Waals surface area contributed by atoms with E-state index in [2.05, 4.69) is 12.2 Å². The number of hydrogen-bond acceptors (Lipinski definition) is 2. The fourth-order valence-electron chi connectivity index (χ4n) is 1.28. The number of ether oxygens (including phenoxy) is 1. The van der Waals surface area contributed by atoms with E-state index in [0.29, 0.717) is 6.04 Å². The maximum atomic E-state index is 12.5. The minimum atomic E-state index is -0.230. The van der Waals surface area contributed by atoms with E-state index in [1.54, 1.807) is 12.1 Å². The summed E-state index contributed by atoms with van der Waals surface area (Å²) < 4.78 is 18.1. The third-order valence-corrected chi connectivity index (χ3v) is 2.30. The molecule has 0 aromatic heterocycles. The van der Waals surface area contributed by atoms with Crippen molar-refractivity contribution in [3.8, 4) is 5.75 Å². The molecule has 0 radical (unpaired) electrons. The quantitative estimate of drug-likeness (QED) is 0.747. The van der Waals surface area contributed by atoms with E-state index in [4.69, 9.17) is 4.74 Å². The first-order valence-corrected chi connectivity index (χ1v) is 4.41. The molecule has 2 rings (SSSR count). The third-order valence-electron chi connectivity index (χ3n) is 2.30. The molecule has 3 heteroatoms. The van der Waals surface area contributed by atoms with Crippen LogP contribution in [-0.4, -0.2) is 18.7 Å². The molecule has 1 aliphatic rings. The summed E-state index contributed by atoms with van der Waals surface area (Å²) in [5.41, 5.74) is 0. The highest BCUT2D eigenvalue weighted by Gasteiger charge is 2.27. The van der Waals surface area contributed by atoms with Crippen LogP contribution in [0.4, 0.5) is 4.39 Å². The minimum Gasteiger partial charge on any atom is -0.487 e. The second-order valence-corrected chi connectivity index (χ2v) is 3.31. The standard InChI is InChI=1S/C10H12FNO/c1-7-10(6-12-7)13-9-4-2-8(11)3-5-9/h2-5,7,10,12H,6H2,1H3/t7-,10-/m1/s1. The van der Waals surface area contributed by atoms with E-state index in [1.807, 2.05) is 0 Å². The molecule has 1 aromatic carbocycles. The highest BCUT2D eigenvalue weighted by molar-refractivity contribution is 5.23. The molecular weight excluding hydrogens is 169 g/mol. The molecule has 0 saturated carbocycles. The van der Waals surface area contributed by atoms with Crippen LogP contribution in [0.15, 0.2) is 24.3 Å². The molecule has 1 saturated heterocycles. The monoisotopic (exact) mass is 181 g/mol. The van der Waals surface area contributed by atoms with Crippen LogP contribution in [0.5, 0.6) is 5.75 Å². The zero-order valence-corrected chi connectivity index (χ0v) is 7.46. The molecule has 70 valence electrons. The van der Waals surface area contributed by atoms with Gasteiger partial charge in [0, 0.05) is 12.6 Å². The smallest absolute Gasteiger partial charge is 0.126 e. The van der Waals surface area contributed by atoms with Gasteiger partial charge >= 0.3 is 0 Å². The fourth-order valence-corrected chi connectivity index (χ4v) is 1.28. The lowest BCUT2D eigenvalue weighted by molar-refractivity contribution is 0.0938. The van der Waals surface area contributed by atoms with E-state index in [0.717, 1.165) is 12.3 Å². The summed E-state index contributed by atoms with van der Waals surface area (Å²) in [6.07, 6.45) is 0.227. The van der Waals surface area contributed by atoms with Crippen molar-refractivity contribution in [2.45, 2.75) is 19.1 Å². The van der Waals surface area contributed by atoms with E-state index in [9.17, 15) is 4.39 Å². The minimum absolute atomic E-state index is 0.227. The number of hydrogen-bond donors (Lipinski definition) is 1. The van der Waals surface area contributed by atoms with Crippen LogP contribution in [0.2, 0.25) is 0 Å². The van der Waals surface area contributed by atoms with Crippen molar-refractivity contribution in [2.24, 2.45) is 0 Å². The van der Waals surface area contributed by atoms with Crippen molar-refractivity contribution in [3.63, 3.8) is 0 Å². The van der Waals surface area contributed by atoms with Crippen molar-refractivity contribution >= 4 is 0 Å². The van der Waals surface area contributed by atoms with Gasteiger partial charge in [-0.1, -0.05) is 0 Å². The largest absolute Gasteiger partial charge is 0.487 e. The Hall–Kier alpha value is -1.09. The predicted octanol–water partition coefficient (Wildman–Crippen LogP) is 1.56. The Morgan fingerprint density at radius 3 is 2.54 bits per heavy atom. The third kappa shape index (κ3) is 1.80. The van der Waals surface area contributed by atoms with Gasteiger partial charge in [0.2, 0.25) is 0 Å². The second-order valence-electron chi connectivity index (χ2n) is 3.31. The number of nitrogens with one attached hydrogen (secondary N) is 1. The molecule has 1 aromatic rings. The molecule has 2 nitrogen and oxygen atoms in total. The summed E-state index contributed by atoms with van der Waals surface area (Å²) in [5.74, 6) is 0.506. The Balaban J connectivity index is 1.98. The Bertz CT molecular complexity index is 285. The zero-order valence-electron chi connectivity index (χ0n) is 7.46. The van der Waals surface area contributed by atoms with Gasteiger partial charge in [-0.3, -0.25) is 0 Å². The van der Waals surface area contributed by atoms with Gasteiger partial charge in [-0.2, -0.15) is 0 Å². The summed E-state index contributed by atoms with van der Waals surface area (Å²) in [6.45, 7) is 2.94. The van der Waals surface area contributed by atoms with Crippen LogP contribution in [0, 0.1) is 5.82 Å². The first kappa shape index (κ1) is 8.51. The predicted molar refractivity (Wildman–Crippen MR) is 48.3 cm³/mol. The first-order valence-electron chi connectivity index (χ1n) is 4.41. The van der Waals surface area contributed by atoms with Crippen molar-refractivity contribution in [1.29, 1.82) is 0 Å². The molecule has 2 atom stereocenters. The Kier molecular flexibility index (Phi) is 2.19. The highest BCUT2D eigenvalue weighted by atomic mass is 19.1. The van der Waals surface area contributed by atoms with E-state index >= 15 is 0 Å². The van der Waals surface area contributed by atoms with E-state index in [1.165, 1.54) is 12.1 Å². The molecule has 13 heavy (non-hydrogen) atoms. The summed E-state index contributed by atoms with van der Waals surface area (Å²) in [4.78, 5) is 0. The van der Waals surface area contributed by atoms with Gasteiger partial charge in [0.25, 0.3) is 0 Å². The lowest BCUT2D eigenvalue weighted by atomic mass is 10.1. The molecule has 1 aliphatic heterocycles. The number of rotatable bonds is 2. The Morgan fingerprint density at radius 2 is 2.08 bits per heavy atom. The molecule has 1 fully saturated rings. The van der Waals surface area contributed by atoms with Gasteiger partial charge in [0.05, 0.1) is 0 Å². The fraction of sp³-hybridized carbons (Fsp3) is 0.400. The highest BCUT2D eigenvalue weighted by Crippen LogP contribution is 2.16. The summed E-state index contributed by atoms with van der Waals surface area (Å²) in [7, 11) is 0. The number of halogens is 1. The molecule has 0 unspecified atom stereocenters. The van der Waals surface area contributed by atoms with Crippen LogP contribution < -0.4 is 10.1 Å². The van der Waals surface area contributed by atoms with Gasteiger partial charge < -0.3 is 10.1 Å². The van der Waals surface area contributed by atoms with Crippen LogP contribution in [0.1, 0.15) is 6.92 Å².